The van der Waals surface area contributed by atoms with E-state index in [1.54, 1.807) is 0 Å². The largest absolute Gasteiger partial charge is 0.380 e. The number of hydrogen-bond acceptors (Lipinski definition) is 2. The van der Waals surface area contributed by atoms with Crippen LogP contribution in [0.5, 0.6) is 0 Å². The fourth-order valence-electron chi connectivity index (χ4n) is 2.34. The molecule has 4 unspecified atom stereocenters. The van der Waals surface area contributed by atoms with Gasteiger partial charge in [-0.05, 0) is 0 Å². The average Bonchev–Trinajstić information content (AvgIpc) is 2.37. The van der Waals surface area contributed by atoms with E-state index in [0.29, 0.717) is 0 Å². The maximum atomic E-state index is 13.7. The number of piperidine rings is 1. The molecule has 0 aromatic rings. The smallest absolute Gasteiger partial charge is 0.361 e. The number of halogens is 11. The van der Waals surface area contributed by atoms with Gasteiger partial charge < -0.3 is 5.11 Å². The van der Waals surface area contributed by atoms with Crippen molar-refractivity contribution in [1.82, 2.24) is 4.90 Å². The number of aliphatic hydroxyl groups is 1. The van der Waals surface area contributed by atoms with E-state index < -0.39 is 46.7 Å². The highest BCUT2D eigenvalue weighted by atomic mass is 19.3. The van der Waals surface area contributed by atoms with E-state index in [4.69, 9.17) is 5.11 Å². The van der Waals surface area contributed by atoms with Crippen LogP contribution < -0.4 is 0 Å². The summed E-state index contributed by atoms with van der Waals surface area (Å²) < 4.78 is 144. The molecular weight excluding hydrogens is 323 g/mol. The minimum atomic E-state index is -6.73. The average molecular weight is 325 g/mol. The summed E-state index contributed by atoms with van der Waals surface area (Å²) in [5, 5.41) is 8.07. The molecule has 2 aliphatic heterocycles. The van der Waals surface area contributed by atoms with Gasteiger partial charge in [0.25, 0.3) is 5.67 Å². The molecule has 13 heteroatoms. The molecule has 118 valence electrons. The Morgan fingerprint density at radius 1 is 0.700 bits per heavy atom. The summed E-state index contributed by atoms with van der Waals surface area (Å²) in [6.45, 7) is 0. The molecule has 0 amide bonds. The molecule has 0 saturated carbocycles. The van der Waals surface area contributed by atoms with Crippen molar-refractivity contribution in [2.45, 2.75) is 41.8 Å². The Balaban J connectivity index is 2.90. The van der Waals surface area contributed by atoms with Gasteiger partial charge in [-0.3, -0.25) is 0 Å². The van der Waals surface area contributed by atoms with E-state index in [-0.39, 0.29) is 0 Å². The van der Waals surface area contributed by atoms with E-state index in [2.05, 4.69) is 0 Å². The molecule has 2 rings (SSSR count). The van der Waals surface area contributed by atoms with Crippen LogP contribution >= 0.6 is 0 Å². The zero-order valence-electron chi connectivity index (χ0n) is 8.63. The Morgan fingerprint density at radius 3 is 1.40 bits per heavy atom. The molecule has 2 fully saturated rings. The van der Waals surface area contributed by atoms with Gasteiger partial charge in [0.2, 0.25) is 6.36 Å². The number of aliphatic hydroxyl groups excluding tert-OH is 1. The van der Waals surface area contributed by atoms with Crippen LogP contribution in [-0.4, -0.2) is 51.8 Å². The fourth-order valence-corrected chi connectivity index (χ4v) is 2.34. The van der Waals surface area contributed by atoms with Crippen LogP contribution in [0.25, 0.3) is 0 Å². The number of rotatable bonds is 1. The van der Waals surface area contributed by atoms with E-state index >= 15 is 0 Å². The number of fused-ring (bicyclic) bond motifs is 2. The van der Waals surface area contributed by atoms with E-state index in [0.717, 1.165) is 0 Å². The predicted octanol–water partition coefficient (Wildman–Crippen LogP) is 2.43. The molecule has 1 N–H and O–H groups in total. The van der Waals surface area contributed by atoms with Gasteiger partial charge in [-0.25, -0.2) is 13.2 Å². The summed E-state index contributed by atoms with van der Waals surface area (Å²) in [7, 11) is 0. The molecule has 0 aliphatic carbocycles. The summed E-state index contributed by atoms with van der Waals surface area (Å²) in [5.41, 5.74) is -13.0. The zero-order chi connectivity index (χ0) is 16.2. The van der Waals surface area contributed by atoms with Gasteiger partial charge in [-0.15, -0.1) is 4.90 Å². The number of hydrogen-bond donors (Lipinski definition) is 1. The highest BCUT2D eigenvalue weighted by Gasteiger charge is 3.10. The highest BCUT2D eigenvalue weighted by molar-refractivity contribution is 5.35. The fraction of sp³-hybridized carbons (Fsp3) is 1.00. The maximum Gasteiger partial charge on any atom is 0.380 e. The molecule has 0 aromatic heterocycles. The van der Waals surface area contributed by atoms with Crippen molar-refractivity contribution in [1.29, 1.82) is 0 Å². The molecule has 2 saturated heterocycles. The monoisotopic (exact) mass is 325 g/mol. The first-order valence-electron chi connectivity index (χ1n) is 4.58. The zero-order valence-corrected chi connectivity index (χ0v) is 8.63. The molecule has 0 radical (unpaired) electrons. The van der Waals surface area contributed by atoms with Crippen LogP contribution in [0.4, 0.5) is 48.3 Å². The molecule has 20 heavy (non-hydrogen) atoms. The van der Waals surface area contributed by atoms with E-state index in [1.165, 1.54) is 0 Å². The maximum absolute atomic E-state index is 13.7. The lowest BCUT2D eigenvalue weighted by Crippen LogP contribution is -2.76. The highest BCUT2D eigenvalue weighted by Crippen LogP contribution is 2.77. The third-order valence-electron chi connectivity index (χ3n) is 3.33. The molecule has 0 spiro atoms. The Kier molecular flexibility index (Phi) is 2.45. The Labute approximate surface area is 101 Å². The second kappa shape index (κ2) is 3.15. The SMILES string of the molecule is OC(F)C1(F)C(F)(F)N2C(F)(F)C(F)(F)C1(F)C2(F)F. The predicted molar refractivity (Wildman–Crippen MR) is 36.4 cm³/mol. The van der Waals surface area contributed by atoms with Gasteiger partial charge in [0.15, 0.2) is 0 Å². The normalized spacial score (nSPS) is 48.3. The van der Waals surface area contributed by atoms with E-state index in [1.807, 2.05) is 0 Å². The first-order valence-corrected chi connectivity index (χ1v) is 4.58. The molecule has 2 bridgehead atoms. The quantitative estimate of drug-likeness (QED) is 0.591. The van der Waals surface area contributed by atoms with E-state index in [9.17, 15) is 48.3 Å². The van der Waals surface area contributed by atoms with Crippen molar-refractivity contribution >= 4 is 0 Å². The van der Waals surface area contributed by atoms with Gasteiger partial charge in [-0.2, -0.15) is 35.1 Å². The van der Waals surface area contributed by atoms with Crippen molar-refractivity contribution < 1.29 is 53.4 Å². The summed E-state index contributed by atoms with van der Waals surface area (Å²) >= 11 is 0. The molecule has 2 nitrogen and oxygen atoms in total. The lowest BCUT2D eigenvalue weighted by atomic mass is 9.79. The Bertz CT molecular complexity index is 456. The van der Waals surface area contributed by atoms with Gasteiger partial charge in [-0.1, -0.05) is 0 Å². The number of nitrogens with zero attached hydrogens (tertiary/aromatic N) is 1. The molecular formula is C7H2F11NO. The summed E-state index contributed by atoms with van der Waals surface area (Å²) in [6.07, 6.45) is -4.92. The van der Waals surface area contributed by atoms with Crippen LogP contribution in [0.1, 0.15) is 0 Å². The van der Waals surface area contributed by atoms with Crippen LogP contribution in [0, 0.1) is 0 Å². The summed E-state index contributed by atoms with van der Waals surface area (Å²) in [6, 6.07) is -19.4. The molecule has 2 aliphatic rings. The van der Waals surface area contributed by atoms with Crippen molar-refractivity contribution in [3.05, 3.63) is 0 Å². The van der Waals surface area contributed by atoms with Crippen molar-refractivity contribution in [2.24, 2.45) is 0 Å². The van der Waals surface area contributed by atoms with Gasteiger partial charge in [0.05, 0.1) is 0 Å². The third kappa shape index (κ3) is 0.963. The first-order chi connectivity index (χ1) is 8.56. The molecule has 4 atom stereocenters. The van der Waals surface area contributed by atoms with Gasteiger partial charge >= 0.3 is 29.7 Å². The van der Waals surface area contributed by atoms with Crippen LogP contribution in [0.3, 0.4) is 0 Å². The lowest BCUT2D eigenvalue weighted by Gasteiger charge is -2.44. The molecule has 0 aromatic carbocycles. The third-order valence-corrected chi connectivity index (χ3v) is 3.33. The topological polar surface area (TPSA) is 23.5 Å². The van der Waals surface area contributed by atoms with Crippen LogP contribution in [0.15, 0.2) is 0 Å². The number of alkyl halides is 11. The summed E-state index contributed by atoms with van der Waals surface area (Å²) in [4.78, 5) is -3.05. The first kappa shape index (κ1) is 15.5. The Hall–Kier alpha value is -0.850. The lowest BCUT2D eigenvalue weighted by molar-refractivity contribution is -0.416. The van der Waals surface area contributed by atoms with Crippen molar-refractivity contribution in [3.8, 4) is 0 Å². The second-order valence-electron chi connectivity index (χ2n) is 4.24. The van der Waals surface area contributed by atoms with Crippen LogP contribution in [0.2, 0.25) is 0 Å². The second-order valence-corrected chi connectivity index (χ2v) is 4.24. The molecule has 2 heterocycles. The Morgan fingerprint density at radius 2 is 1.10 bits per heavy atom. The standard InChI is InChI=1S/C7H2F11NO/c8-1(20)2(9)3(10)4(11,12)7(17,18)19(5(2,13)14)6(3,15)16/h1,20H. The minimum absolute atomic E-state index is 3.05. The van der Waals surface area contributed by atoms with Crippen LogP contribution in [-0.2, 0) is 0 Å². The minimum Gasteiger partial charge on any atom is -0.361 e. The van der Waals surface area contributed by atoms with Crippen molar-refractivity contribution in [2.75, 3.05) is 0 Å². The summed E-state index contributed by atoms with van der Waals surface area (Å²) in [5.74, 6) is -6.73. The van der Waals surface area contributed by atoms with Gasteiger partial charge in [0, 0.05) is 0 Å². The van der Waals surface area contributed by atoms with Crippen molar-refractivity contribution in [3.63, 3.8) is 0 Å². The van der Waals surface area contributed by atoms with Gasteiger partial charge in [0.1, 0.15) is 0 Å².